The third-order valence-electron chi connectivity index (χ3n) is 3.21. The second-order valence-electron chi connectivity index (χ2n) is 4.57. The first kappa shape index (κ1) is 11.8. The molecule has 0 saturated heterocycles. The van der Waals surface area contributed by atoms with Gasteiger partial charge in [0.15, 0.2) is 0 Å². The van der Waals surface area contributed by atoms with Crippen molar-refractivity contribution in [2.75, 3.05) is 11.9 Å². The Balaban J connectivity index is 1.55. The average molecular weight is 251 g/mol. The van der Waals surface area contributed by atoms with Crippen LogP contribution >= 0.6 is 0 Å². The maximum Gasteiger partial charge on any atom is 0.0958 e. The van der Waals surface area contributed by atoms with E-state index in [9.17, 15) is 0 Å². The molecule has 3 rings (SSSR count). The molecule has 3 aromatic rings. The Morgan fingerprint density at radius 1 is 0.947 bits per heavy atom. The van der Waals surface area contributed by atoms with E-state index in [0.717, 1.165) is 25.0 Å². The minimum Gasteiger partial charge on any atom is -0.385 e. The zero-order valence-electron chi connectivity index (χ0n) is 10.8. The maximum absolute atomic E-state index is 4.40. The minimum absolute atomic E-state index is 0.969. The summed E-state index contributed by atoms with van der Waals surface area (Å²) in [7, 11) is 0. The Kier molecular flexibility index (Phi) is 3.45. The van der Waals surface area contributed by atoms with Gasteiger partial charge in [0.1, 0.15) is 0 Å². The summed E-state index contributed by atoms with van der Waals surface area (Å²) in [5.41, 5.74) is 3.46. The number of benzene rings is 2. The number of nitrogens with zero attached hydrogens (tertiary/aromatic N) is 2. The van der Waals surface area contributed by atoms with Crippen molar-refractivity contribution in [2.24, 2.45) is 0 Å². The fourth-order valence-corrected chi connectivity index (χ4v) is 2.23. The Bertz CT molecular complexity index is 643. The van der Waals surface area contributed by atoms with Crippen molar-refractivity contribution >= 4 is 16.7 Å². The van der Waals surface area contributed by atoms with Crippen LogP contribution in [-0.4, -0.2) is 16.1 Å². The summed E-state index contributed by atoms with van der Waals surface area (Å²) in [6.45, 7) is 1.96. The van der Waals surface area contributed by atoms with E-state index in [1.54, 1.807) is 0 Å². The van der Waals surface area contributed by atoms with Gasteiger partial charge in [0.25, 0.3) is 0 Å². The number of rotatable bonds is 5. The van der Waals surface area contributed by atoms with Gasteiger partial charge < -0.3 is 9.88 Å². The van der Waals surface area contributed by atoms with Gasteiger partial charge in [-0.1, -0.05) is 30.3 Å². The Morgan fingerprint density at radius 2 is 1.74 bits per heavy atom. The van der Waals surface area contributed by atoms with Crippen LogP contribution in [0.3, 0.4) is 0 Å². The molecule has 0 unspecified atom stereocenters. The molecule has 2 aromatic carbocycles. The molecule has 0 fully saturated rings. The van der Waals surface area contributed by atoms with Crippen LogP contribution in [0.1, 0.15) is 6.42 Å². The van der Waals surface area contributed by atoms with Gasteiger partial charge >= 0.3 is 0 Å². The van der Waals surface area contributed by atoms with Crippen LogP contribution in [0.5, 0.6) is 0 Å². The number of aromatic nitrogens is 2. The average Bonchev–Trinajstić information content (AvgIpc) is 2.88. The zero-order valence-corrected chi connectivity index (χ0v) is 10.8. The van der Waals surface area contributed by atoms with Crippen LogP contribution in [0.15, 0.2) is 60.9 Å². The molecule has 0 bridgehead atoms. The predicted octanol–water partition coefficient (Wildman–Crippen LogP) is 3.54. The van der Waals surface area contributed by atoms with Crippen LogP contribution in [0.25, 0.3) is 11.0 Å². The first-order chi connectivity index (χ1) is 9.43. The number of imidazole rings is 1. The van der Waals surface area contributed by atoms with Crippen molar-refractivity contribution in [2.45, 2.75) is 13.0 Å². The van der Waals surface area contributed by atoms with Crippen molar-refractivity contribution in [1.29, 1.82) is 0 Å². The maximum atomic E-state index is 4.40. The molecule has 0 atom stereocenters. The lowest BCUT2D eigenvalue weighted by Crippen LogP contribution is -2.05. The standard InChI is InChI=1S/C16H17N3/c1-2-7-14(8-3-1)17-11-6-12-19-13-18-15-9-4-5-10-16(15)19/h1-5,7-10,13,17H,6,11-12H2. The quantitative estimate of drug-likeness (QED) is 0.703. The number of para-hydroxylation sites is 3. The summed E-state index contributed by atoms with van der Waals surface area (Å²) in [6.07, 6.45) is 3.00. The Labute approximate surface area is 112 Å². The summed E-state index contributed by atoms with van der Waals surface area (Å²) in [5.74, 6) is 0. The molecule has 19 heavy (non-hydrogen) atoms. The molecule has 3 nitrogen and oxygen atoms in total. The highest BCUT2D eigenvalue weighted by molar-refractivity contribution is 5.74. The predicted molar refractivity (Wildman–Crippen MR) is 79.3 cm³/mol. The monoisotopic (exact) mass is 251 g/mol. The highest BCUT2D eigenvalue weighted by atomic mass is 15.0. The van der Waals surface area contributed by atoms with Crippen LogP contribution in [0.4, 0.5) is 5.69 Å². The molecule has 0 aliphatic heterocycles. The van der Waals surface area contributed by atoms with Crippen LogP contribution in [0.2, 0.25) is 0 Å². The molecule has 0 spiro atoms. The van der Waals surface area contributed by atoms with Crippen molar-refractivity contribution in [3.05, 3.63) is 60.9 Å². The first-order valence-electron chi connectivity index (χ1n) is 6.62. The molecular formula is C16H17N3. The van der Waals surface area contributed by atoms with E-state index in [4.69, 9.17) is 0 Å². The van der Waals surface area contributed by atoms with E-state index in [1.807, 2.05) is 36.7 Å². The topological polar surface area (TPSA) is 29.9 Å². The van der Waals surface area contributed by atoms with E-state index in [-0.39, 0.29) is 0 Å². The molecule has 0 saturated carbocycles. The molecule has 0 aliphatic carbocycles. The zero-order chi connectivity index (χ0) is 12.9. The molecular weight excluding hydrogens is 234 g/mol. The lowest BCUT2D eigenvalue weighted by atomic mass is 10.3. The van der Waals surface area contributed by atoms with E-state index in [0.29, 0.717) is 0 Å². The minimum atomic E-state index is 0.969. The van der Waals surface area contributed by atoms with Crippen LogP contribution in [0, 0.1) is 0 Å². The lowest BCUT2D eigenvalue weighted by Gasteiger charge is -2.07. The van der Waals surface area contributed by atoms with Crippen molar-refractivity contribution < 1.29 is 0 Å². The molecule has 3 heteroatoms. The number of hydrogen-bond donors (Lipinski definition) is 1. The third-order valence-corrected chi connectivity index (χ3v) is 3.21. The largest absolute Gasteiger partial charge is 0.385 e. The SMILES string of the molecule is c1ccc(NCCCn2cnc3ccccc32)cc1. The van der Waals surface area contributed by atoms with Gasteiger partial charge in [0.2, 0.25) is 0 Å². The van der Waals surface area contributed by atoms with Crippen molar-refractivity contribution in [3.63, 3.8) is 0 Å². The summed E-state index contributed by atoms with van der Waals surface area (Å²) in [4.78, 5) is 4.40. The van der Waals surface area contributed by atoms with Gasteiger partial charge in [-0.3, -0.25) is 0 Å². The van der Waals surface area contributed by atoms with Crippen LogP contribution < -0.4 is 5.32 Å². The molecule has 1 heterocycles. The second-order valence-corrected chi connectivity index (χ2v) is 4.57. The summed E-state index contributed by atoms with van der Waals surface area (Å²) >= 11 is 0. The smallest absolute Gasteiger partial charge is 0.0958 e. The molecule has 96 valence electrons. The first-order valence-corrected chi connectivity index (χ1v) is 6.62. The molecule has 0 aliphatic rings. The second kappa shape index (κ2) is 5.57. The number of anilines is 1. The molecule has 1 aromatic heterocycles. The highest BCUT2D eigenvalue weighted by Gasteiger charge is 2.00. The molecule has 1 N–H and O–H groups in total. The fraction of sp³-hybridized carbons (Fsp3) is 0.188. The number of nitrogens with one attached hydrogen (secondary N) is 1. The van der Waals surface area contributed by atoms with Gasteiger partial charge in [-0.15, -0.1) is 0 Å². The lowest BCUT2D eigenvalue weighted by molar-refractivity contribution is 0.677. The molecule has 0 amide bonds. The van der Waals surface area contributed by atoms with Gasteiger partial charge in [0, 0.05) is 18.8 Å². The van der Waals surface area contributed by atoms with Crippen molar-refractivity contribution in [3.8, 4) is 0 Å². The molecule has 0 radical (unpaired) electrons. The third kappa shape index (κ3) is 2.76. The summed E-state index contributed by atoms with van der Waals surface area (Å²) in [6, 6.07) is 18.6. The van der Waals surface area contributed by atoms with E-state index < -0.39 is 0 Å². The number of fused-ring (bicyclic) bond motifs is 1. The van der Waals surface area contributed by atoms with Crippen LogP contribution in [-0.2, 0) is 6.54 Å². The van der Waals surface area contributed by atoms with Gasteiger partial charge in [-0.05, 0) is 30.7 Å². The number of hydrogen-bond acceptors (Lipinski definition) is 2. The highest BCUT2D eigenvalue weighted by Crippen LogP contribution is 2.12. The van der Waals surface area contributed by atoms with Gasteiger partial charge in [-0.25, -0.2) is 4.98 Å². The van der Waals surface area contributed by atoms with E-state index in [1.165, 1.54) is 11.2 Å². The Hall–Kier alpha value is -2.29. The normalized spacial score (nSPS) is 10.7. The van der Waals surface area contributed by atoms with Crippen molar-refractivity contribution in [1.82, 2.24) is 9.55 Å². The Morgan fingerprint density at radius 3 is 2.63 bits per heavy atom. The number of aryl methyl sites for hydroxylation is 1. The fourth-order valence-electron chi connectivity index (χ4n) is 2.23. The van der Waals surface area contributed by atoms with Gasteiger partial charge in [-0.2, -0.15) is 0 Å². The van der Waals surface area contributed by atoms with Gasteiger partial charge in [0.05, 0.1) is 17.4 Å². The van der Waals surface area contributed by atoms with E-state index >= 15 is 0 Å². The van der Waals surface area contributed by atoms with E-state index in [2.05, 4.69) is 39.1 Å². The summed E-state index contributed by atoms with van der Waals surface area (Å²) in [5, 5.41) is 3.42. The summed E-state index contributed by atoms with van der Waals surface area (Å²) < 4.78 is 2.21.